The average Bonchev–Trinajstić information content (AvgIpc) is 2.82. The van der Waals surface area contributed by atoms with Crippen LogP contribution in [0, 0.1) is 10.1 Å². The lowest BCUT2D eigenvalue weighted by Gasteiger charge is -2.22. The molecular weight excluding hydrogens is 260 g/mol. The topological polar surface area (TPSA) is 85.2 Å². The molecule has 1 atom stereocenters. The first-order valence-electron chi connectivity index (χ1n) is 6.34. The summed E-state index contributed by atoms with van der Waals surface area (Å²) in [7, 11) is 0. The molecule has 0 bridgehead atoms. The fourth-order valence-electron chi connectivity index (χ4n) is 2.34. The van der Waals surface area contributed by atoms with Crippen LogP contribution >= 0.6 is 0 Å². The van der Waals surface area contributed by atoms with E-state index in [-0.39, 0.29) is 6.61 Å². The van der Waals surface area contributed by atoms with Crippen molar-refractivity contribution in [1.29, 1.82) is 0 Å². The zero-order chi connectivity index (χ0) is 14.8. The predicted molar refractivity (Wildman–Crippen MR) is 74.1 cm³/mol. The van der Waals surface area contributed by atoms with Crippen molar-refractivity contribution in [3.8, 4) is 0 Å². The average molecular weight is 276 g/mol. The molecule has 20 heavy (non-hydrogen) atoms. The van der Waals surface area contributed by atoms with Gasteiger partial charge in [0.2, 0.25) is 6.54 Å². The predicted octanol–water partition coefficient (Wildman–Crippen LogP) is 2.27. The van der Waals surface area contributed by atoms with Crippen LogP contribution in [-0.2, 0) is 14.9 Å². The summed E-state index contributed by atoms with van der Waals surface area (Å²) in [6.07, 6.45) is 1.64. The van der Waals surface area contributed by atoms with E-state index in [1.165, 1.54) is 0 Å². The Morgan fingerprint density at radius 3 is 2.80 bits per heavy atom. The van der Waals surface area contributed by atoms with Crippen LogP contribution < -0.4 is 0 Å². The molecule has 2 aromatic rings. The molecule has 1 aromatic heterocycles. The van der Waals surface area contributed by atoms with E-state index in [1.807, 2.05) is 24.3 Å². The lowest BCUT2D eigenvalue weighted by Crippen LogP contribution is -2.40. The van der Waals surface area contributed by atoms with E-state index >= 15 is 0 Å². The summed E-state index contributed by atoms with van der Waals surface area (Å²) in [6, 6.07) is 7.38. The van der Waals surface area contributed by atoms with Gasteiger partial charge in [0.25, 0.3) is 0 Å². The summed E-state index contributed by atoms with van der Waals surface area (Å²) in [5, 5.41) is 11.7. The molecule has 1 heterocycles. The summed E-state index contributed by atoms with van der Waals surface area (Å²) >= 11 is 0. The van der Waals surface area contributed by atoms with Gasteiger partial charge < -0.3 is 9.72 Å². The summed E-state index contributed by atoms with van der Waals surface area (Å²) in [6.45, 7) is 2.91. The Morgan fingerprint density at radius 1 is 1.45 bits per heavy atom. The SMILES string of the molecule is CCOC(=O)[C@](C)(C[N+](=O)[O-])c1c[nH]c2ccccc12. The summed E-state index contributed by atoms with van der Waals surface area (Å²) in [4.78, 5) is 25.7. The molecule has 0 radical (unpaired) electrons. The van der Waals surface area contributed by atoms with E-state index in [4.69, 9.17) is 4.74 Å². The standard InChI is InChI=1S/C14H16N2O4/c1-3-20-13(17)14(2,9-16(18)19)11-8-15-12-7-5-4-6-10(11)12/h4-8,15H,3,9H2,1-2H3/t14-/m1/s1. The van der Waals surface area contributed by atoms with E-state index in [0.29, 0.717) is 5.56 Å². The van der Waals surface area contributed by atoms with Gasteiger partial charge in [0.1, 0.15) is 0 Å². The molecule has 1 N–H and O–H groups in total. The largest absolute Gasteiger partial charge is 0.465 e. The lowest BCUT2D eigenvalue weighted by atomic mass is 9.82. The molecule has 0 aliphatic carbocycles. The van der Waals surface area contributed by atoms with Crippen LogP contribution in [0.3, 0.4) is 0 Å². The molecule has 6 nitrogen and oxygen atoms in total. The summed E-state index contributed by atoms with van der Waals surface area (Å²) < 4.78 is 5.02. The highest BCUT2D eigenvalue weighted by molar-refractivity contribution is 5.92. The summed E-state index contributed by atoms with van der Waals surface area (Å²) in [5.74, 6) is -0.582. The second-order valence-electron chi connectivity index (χ2n) is 4.79. The number of hydrogen-bond donors (Lipinski definition) is 1. The minimum Gasteiger partial charge on any atom is -0.465 e. The first-order chi connectivity index (χ1) is 9.49. The van der Waals surface area contributed by atoms with Crippen molar-refractivity contribution in [3.05, 3.63) is 46.1 Å². The van der Waals surface area contributed by atoms with Crippen LogP contribution in [0.2, 0.25) is 0 Å². The normalized spacial score (nSPS) is 13.9. The number of nitro groups is 1. The minimum absolute atomic E-state index is 0.189. The molecule has 0 saturated carbocycles. The van der Waals surface area contributed by atoms with E-state index in [1.54, 1.807) is 20.0 Å². The number of aromatic nitrogens is 1. The van der Waals surface area contributed by atoms with Gasteiger partial charge in [-0.3, -0.25) is 14.9 Å². The van der Waals surface area contributed by atoms with Gasteiger partial charge in [-0.25, -0.2) is 0 Å². The number of H-pyrrole nitrogens is 1. The van der Waals surface area contributed by atoms with Gasteiger partial charge in [-0.05, 0) is 19.9 Å². The maximum absolute atomic E-state index is 12.2. The highest BCUT2D eigenvalue weighted by atomic mass is 16.6. The Labute approximate surface area is 115 Å². The number of fused-ring (bicyclic) bond motifs is 1. The second-order valence-corrected chi connectivity index (χ2v) is 4.79. The Morgan fingerprint density at radius 2 is 2.15 bits per heavy atom. The fraction of sp³-hybridized carbons (Fsp3) is 0.357. The number of para-hydroxylation sites is 1. The Balaban J connectivity index is 2.56. The van der Waals surface area contributed by atoms with Crippen molar-refractivity contribution in [2.45, 2.75) is 19.3 Å². The Bertz CT molecular complexity index is 649. The number of hydrogen-bond acceptors (Lipinski definition) is 4. The maximum atomic E-state index is 12.2. The zero-order valence-electron chi connectivity index (χ0n) is 11.4. The van der Waals surface area contributed by atoms with Crippen LogP contribution in [0.15, 0.2) is 30.5 Å². The van der Waals surface area contributed by atoms with Crippen molar-refractivity contribution >= 4 is 16.9 Å². The number of nitrogens with zero attached hydrogens (tertiary/aromatic N) is 1. The summed E-state index contributed by atoms with van der Waals surface area (Å²) in [5.41, 5.74) is 0.115. The maximum Gasteiger partial charge on any atom is 0.323 e. The van der Waals surface area contributed by atoms with Gasteiger partial charge in [0, 0.05) is 27.6 Å². The molecule has 106 valence electrons. The van der Waals surface area contributed by atoms with Crippen molar-refractivity contribution in [3.63, 3.8) is 0 Å². The van der Waals surface area contributed by atoms with Crippen LogP contribution in [0.1, 0.15) is 19.4 Å². The molecule has 0 aliphatic rings. The van der Waals surface area contributed by atoms with E-state index in [9.17, 15) is 14.9 Å². The zero-order valence-corrected chi connectivity index (χ0v) is 11.4. The third-order valence-electron chi connectivity index (χ3n) is 3.35. The van der Waals surface area contributed by atoms with E-state index < -0.39 is 22.9 Å². The van der Waals surface area contributed by atoms with Gasteiger partial charge in [0.05, 0.1) is 6.61 Å². The van der Waals surface area contributed by atoms with E-state index in [0.717, 1.165) is 10.9 Å². The van der Waals surface area contributed by atoms with Crippen LogP contribution in [-0.4, -0.2) is 29.0 Å². The molecule has 0 amide bonds. The van der Waals surface area contributed by atoms with Gasteiger partial charge in [-0.2, -0.15) is 0 Å². The molecule has 2 rings (SSSR count). The smallest absolute Gasteiger partial charge is 0.323 e. The lowest BCUT2D eigenvalue weighted by molar-refractivity contribution is -0.488. The molecule has 0 fully saturated rings. The Kier molecular flexibility index (Phi) is 3.74. The number of ether oxygens (including phenoxy) is 1. The number of esters is 1. The van der Waals surface area contributed by atoms with Crippen LogP contribution in [0.25, 0.3) is 10.9 Å². The minimum atomic E-state index is -1.31. The van der Waals surface area contributed by atoms with Crippen LogP contribution in [0.5, 0.6) is 0 Å². The van der Waals surface area contributed by atoms with Crippen LogP contribution in [0.4, 0.5) is 0 Å². The highest BCUT2D eigenvalue weighted by Crippen LogP contribution is 2.32. The fourth-order valence-corrected chi connectivity index (χ4v) is 2.34. The number of rotatable bonds is 5. The number of carbonyl (C=O) groups is 1. The molecule has 0 unspecified atom stereocenters. The van der Waals surface area contributed by atoms with E-state index in [2.05, 4.69) is 4.98 Å². The second kappa shape index (κ2) is 5.32. The van der Waals surface area contributed by atoms with Crippen molar-refractivity contribution in [1.82, 2.24) is 4.98 Å². The number of aromatic amines is 1. The number of carbonyl (C=O) groups excluding carboxylic acids is 1. The monoisotopic (exact) mass is 276 g/mol. The molecule has 1 aromatic carbocycles. The molecule has 0 aliphatic heterocycles. The molecule has 0 spiro atoms. The van der Waals surface area contributed by atoms with Crippen molar-refractivity contribution in [2.75, 3.05) is 13.2 Å². The molecular formula is C14H16N2O4. The third kappa shape index (κ3) is 2.36. The third-order valence-corrected chi connectivity index (χ3v) is 3.35. The molecule has 6 heteroatoms. The first-order valence-corrected chi connectivity index (χ1v) is 6.34. The van der Waals surface area contributed by atoms with Gasteiger partial charge in [0.15, 0.2) is 5.41 Å². The van der Waals surface area contributed by atoms with Crippen molar-refractivity contribution < 1.29 is 14.5 Å². The quantitative estimate of drug-likeness (QED) is 0.515. The van der Waals surface area contributed by atoms with Gasteiger partial charge in [-0.15, -0.1) is 0 Å². The Hall–Kier alpha value is -2.37. The van der Waals surface area contributed by atoms with Gasteiger partial charge in [-0.1, -0.05) is 18.2 Å². The number of benzene rings is 1. The highest BCUT2D eigenvalue weighted by Gasteiger charge is 2.43. The van der Waals surface area contributed by atoms with Crippen molar-refractivity contribution in [2.24, 2.45) is 0 Å². The first kappa shape index (κ1) is 14.0. The molecule has 0 saturated heterocycles. The number of nitrogens with one attached hydrogen (secondary N) is 1. The van der Waals surface area contributed by atoms with Gasteiger partial charge >= 0.3 is 5.97 Å².